The normalized spacial score (nSPS) is 11.2. The summed E-state index contributed by atoms with van der Waals surface area (Å²) in [4.78, 5) is 22.4. The van der Waals surface area contributed by atoms with E-state index >= 15 is 0 Å². The zero-order chi connectivity index (χ0) is 21.3. The first-order valence-electron chi connectivity index (χ1n) is 10.1. The highest BCUT2D eigenvalue weighted by molar-refractivity contribution is 5.72. The van der Waals surface area contributed by atoms with Crippen molar-refractivity contribution in [2.24, 2.45) is 0 Å². The summed E-state index contributed by atoms with van der Waals surface area (Å²) in [6.07, 6.45) is 4.71. The number of benzene rings is 2. The Morgan fingerprint density at radius 3 is 1.83 bits per heavy atom. The maximum atomic E-state index is 12.0. The van der Waals surface area contributed by atoms with Gasteiger partial charge in [-0.2, -0.15) is 0 Å². The number of aliphatic carboxylic acids is 1. The summed E-state index contributed by atoms with van der Waals surface area (Å²) in [7, 11) is 0. The molecule has 2 aromatic rings. The van der Waals surface area contributed by atoms with Crippen LogP contribution in [0.3, 0.4) is 0 Å². The number of unbranched alkanes of at least 4 members (excludes halogenated alkanes) is 4. The van der Waals surface area contributed by atoms with Gasteiger partial charge in [-0.25, -0.2) is 0 Å². The number of phenols is 1. The van der Waals surface area contributed by atoms with Gasteiger partial charge in [0.2, 0.25) is 0 Å². The molecule has 2 N–H and O–H groups in total. The molecule has 5 nitrogen and oxygen atoms in total. The van der Waals surface area contributed by atoms with Crippen molar-refractivity contribution in [3.8, 4) is 11.5 Å². The van der Waals surface area contributed by atoms with Gasteiger partial charge in [0.1, 0.15) is 11.5 Å². The lowest BCUT2D eigenvalue weighted by atomic mass is 9.78. The number of hydrogen-bond acceptors (Lipinski definition) is 4. The van der Waals surface area contributed by atoms with Crippen LogP contribution in [0.1, 0.15) is 69.9 Å². The van der Waals surface area contributed by atoms with Crippen molar-refractivity contribution in [1.29, 1.82) is 0 Å². The molecule has 2 aromatic carbocycles. The third-order valence-electron chi connectivity index (χ3n) is 5.17. The minimum atomic E-state index is -0.758. The van der Waals surface area contributed by atoms with Gasteiger partial charge in [-0.3, -0.25) is 9.59 Å². The molecule has 156 valence electrons. The molecular weight excluding hydrogens is 368 g/mol. The van der Waals surface area contributed by atoms with Crippen molar-refractivity contribution in [1.82, 2.24) is 0 Å². The number of aromatic hydroxyl groups is 1. The quantitative estimate of drug-likeness (QED) is 0.299. The van der Waals surface area contributed by atoms with Crippen LogP contribution in [0.4, 0.5) is 0 Å². The molecule has 0 spiro atoms. The van der Waals surface area contributed by atoms with Gasteiger partial charge in [-0.05, 0) is 48.2 Å². The molecule has 0 radical (unpaired) electrons. The molecule has 0 heterocycles. The summed E-state index contributed by atoms with van der Waals surface area (Å²) in [6, 6.07) is 14.7. The number of rotatable bonds is 11. The lowest BCUT2D eigenvalue weighted by Gasteiger charge is -2.26. The summed E-state index contributed by atoms with van der Waals surface area (Å²) in [5.41, 5.74) is 1.93. The Kier molecular flexibility index (Phi) is 8.25. The van der Waals surface area contributed by atoms with E-state index in [4.69, 9.17) is 9.84 Å². The summed E-state index contributed by atoms with van der Waals surface area (Å²) >= 11 is 0. The zero-order valence-electron chi connectivity index (χ0n) is 17.2. The predicted octanol–water partition coefficient (Wildman–Crippen LogP) is 5.44. The number of phenolic OH excluding ortho intramolecular Hbond substituents is 1. The van der Waals surface area contributed by atoms with Crippen LogP contribution in [0, 0.1) is 0 Å². The largest absolute Gasteiger partial charge is 0.508 e. The van der Waals surface area contributed by atoms with Gasteiger partial charge in [-0.1, -0.05) is 57.4 Å². The second-order valence-electron chi connectivity index (χ2n) is 7.83. The SMILES string of the molecule is CC(C)(c1ccc(O)cc1)c1ccc(OC(=O)CCCCCCCC(=O)O)cc1. The van der Waals surface area contributed by atoms with E-state index in [0.29, 0.717) is 18.6 Å². The van der Waals surface area contributed by atoms with E-state index in [1.165, 1.54) is 0 Å². The smallest absolute Gasteiger partial charge is 0.311 e. The highest BCUT2D eigenvalue weighted by atomic mass is 16.5. The van der Waals surface area contributed by atoms with Gasteiger partial charge in [0.05, 0.1) is 0 Å². The Morgan fingerprint density at radius 2 is 1.28 bits per heavy atom. The van der Waals surface area contributed by atoms with Crippen molar-refractivity contribution >= 4 is 11.9 Å². The van der Waals surface area contributed by atoms with Crippen LogP contribution in [0.15, 0.2) is 48.5 Å². The van der Waals surface area contributed by atoms with Crippen LogP contribution in [0.25, 0.3) is 0 Å². The third-order valence-corrected chi connectivity index (χ3v) is 5.17. The van der Waals surface area contributed by atoms with Crippen LogP contribution >= 0.6 is 0 Å². The first-order valence-corrected chi connectivity index (χ1v) is 10.1. The number of hydrogen-bond donors (Lipinski definition) is 2. The molecule has 0 aromatic heterocycles. The van der Waals surface area contributed by atoms with Gasteiger partial charge in [0, 0.05) is 18.3 Å². The lowest BCUT2D eigenvalue weighted by Crippen LogP contribution is -2.18. The van der Waals surface area contributed by atoms with Gasteiger partial charge < -0.3 is 14.9 Å². The molecule has 2 rings (SSSR count). The number of esters is 1. The van der Waals surface area contributed by atoms with Gasteiger partial charge in [0.25, 0.3) is 0 Å². The fourth-order valence-electron chi connectivity index (χ4n) is 3.24. The Bertz CT molecular complexity index is 791. The number of carboxylic acids is 1. The fourth-order valence-corrected chi connectivity index (χ4v) is 3.24. The van der Waals surface area contributed by atoms with E-state index in [2.05, 4.69) is 13.8 Å². The summed E-state index contributed by atoms with van der Waals surface area (Å²) in [6.45, 7) is 4.22. The topological polar surface area (TPSA) is 83.8 Å². The minimum Gasteiger partial charge on any atom is -0.508 e. The van der Waals surface area contributed by atoms with Crippen molar-refractivity contribution < 1.29 is 24.5 Å². The van der Waals surface area contributed by atoms with E-state index < -0.39 is 5.97 Å². The van der Waals surface area contributed by atoms with E-state index in [1.54, 1.807) is 24.3 Å². The van der Waals surface area contributed by atoms with E-state index in [-0.39, 0.29) is 23.6 Å². The molecule has 0 fully saturated rings. The molecule has 5 heteroatoms. The van der Waals surface area contributed by atoms with Crippen LogP contribution in [0.2, 0.25) is 0 Å². The Morgan fingerprint density at radius 1 is 0.793 bits per heavy atom. The molecule has 0 aliphatic rings. The van der Waals surface area contributed by atoms with Crippen molar-refractivity contribution in [3.05, 3.63) is 59.7 Å². The van der Waals surface area contributed by atoms with Crippen molar-refractivity contribution in [3.63, 3.8) is 0 Å². The Hall–Kier alpha value is -2.82. The number of carboxylic acid groups (broad SMARTS) is 1. The van der Waals surface area contributed by atoms with E-state index in [0.717, 1.165) is 36.8 Å². The van der Waals surface area contributed by atoms with Crippen LogP contribution < -0.4 is 4.74 Å². The van der Waals surface area contributed by atoms with Gasteiger partial charge >= 0.3 is 11.9 Å². The van der Waals surface area contributed by atoms with Crippen LogP contribution in [0.5, 0.6) is 11.5 Å². The maximum absolute atomic E-state index is 12.0. The fraction of sp³-hybridized carbons (Fsp3) is 0.417. The molecule has 0 bridgehead atoms. The van der Waals surface area contributed by atoms with Crippen LogP contribution in [-0.2, 0) is 15.0 Å². The monoisotopic (exact) mass is 398 g/mol. The van der Waals surface area contributed by atoms with E-state index in [1.807, 2.05) is 24.3 Å². The predicted molar refractivity (Wildman–Crippen MR) is 112 cm³/mol. The molecule has 0 amide bonds. The van der Waals surface area contributed by atoms with Gasteiger partial charge in [0.15, 0.2) is 0 Å². The first-order chi connectivity index (χ1) is 13.8. The minimum absolute atomic E-state index is 0.210. The Balaban J connectivity index is 1.79. The molecule has 0 aliphatic heterocycles. The molecule has 0 atom stereocenters. The maximum Gasteiger partial charge on any atom is 0.311 e. The second-order valence-corrected chi connectivity index (χ2v) is 7.83. The summed E-state index contributed by atoms with van der Waals surface area (Å²) in [5.74, 6) is -0.235. The van der Waals surface area contributed by atoms with Crippen molar-refractivity contribution in [2.45, 2.75) is 64.2 Å². The standard InChI is InChI=1S/C24H30O5/c1-24(2,18-10-14-20(25)15-11-18)19-12-16-21(17-13-19)29-23(28)9-7-5-3-4-6-8-22(26)27/h10-17,25H,3-9H2,1-2H3,(H,26,27). The van der Waals surface area contributed by atoms with E-state index in [9.17, 15) is 14.7 Å². The number of carbonyl (C=O) groups excluding carboxylic acids is 1. The van der Waals surface area contributed by atoms with Crippen molar-refractivity contribution in [2.75, 3.05) is 0 Å². The first kappa shape index (κ1) is 22.5. The second kappa shape index (κ2) is 10.6. The molecule has 0 saturated heterocycles. The third kappa shape index (κ3) is 7.26. The average molecular weight is 398 g/mol. The Labute approximate surface area is 172 Å². The zero-order valence-corrected chi connectivity index (χ0v) is 17.2. The van der Waals surface area contributed by atoms with Crippen LogP contribution in [-0.4, -0.2) is 22.2 Å². The highest BCUT2D eigenvalue weighted by Crippen LogP contribution is 2.33. The molecule has 0 aliphatic carbocycles. The average Bonchev–Trinajstić information content (AvgIpc) is 2.68. The summed E-state index contributed by atoms with van der Waals surface area (Å²) < 4.78 is 5.41. The molecule has 29 heavy (non-hydrogen) atoms. The lowest BCUT2D eigenvalue weighted by molar-refractivity contribution is -0.137. The summed E-state index contributed by atoms with van der Waals surface area (Å²) in [5, 5.41) is 18.1. The number of carbonyl (C=O) groups is 2. The number of ether oxygens (including phenoxy) is 1. The molecular formula is C24H30O5. The van der Waals surface area contributed by atoms with Gasteiger partial charge in [-0.15, -0.1) is 0 Å². The highest BCUT2D eigenvalue weighted by Gasteiger charge is 2.23. The molecule has 0 unspecified atom stereocenters. The molecule has 0 saturated carbocycles.